The molecule has 1 nitrogen and oxygen atoms in total. The van der Waals surface area contributed by atoms with Gasteiger partial charge in [-0.1, -0.05) is 51.5 Å². The highest BCUT2D eigenvalue weighted by molar-refractivity contribution is 5.51. The highest BCUT2D eigenvalue weighted by atomic mass is 16.1. The molecular weight excluding hydrogens is 208 g/mol. The van der Waals surface area contributed by atoms with Crippen LogP contribution in [0.15, 0.2) is 24.3 Å². The SMILES string of the molecule is CC(C)CCCc1cccc(C(C)CC=O)c1. The van der Waals surface area contributed by atoms with Gasteiger partial charge in [-0.3, -0.25) is 0 Å². The van der Waals surface area contributed by atoms with Crippen LogP contribution in [-0.2, 0) is 11.2 Å². The quantitative estimate of drug-likeness (QED) is 0.638. The molecule has 17 heavy (non-hydrogen) atoms. The van der Waals surface area contributed by atoms with E-state index in [1.54, 1.807) is 0 Å². The maximum absolute atomic E-state index is 10.5. The summed E-state index contributed by atoms with van der Waals surface area (Å²) in [7, 11) is 0. The van der Waals surface area contributed by atoms with Gasteiger partial charge >= 0.3 is 0 Å². The molecule has 1 unspecified atom stereocenters. The second kappa shape index (κ2) is 7.26. The lowest BCUT2D eigenvalue weighted by Gasteiger charge is -2.10. The second-order valence-electron chi connectivity index (χ2n) is 5.33. The first kappa shape index (κ1) is 14.0. The molecule has 0 aliphatic heterocycles. The van der Waals surface area contributed by atoms with Gasteiger partial charge in [0.1, 0.15) is 6.29 Å². The van der Waals surface area contributed by atoms with Gasteiger partial charge in [-0.25, -0.2) is 0 Å². The average molecular weight is 232 g/mol. The molecule has 0 saturated carbocycles. The topological polar surface area (TPSA) is 17.1 Å². The first-order valence-corrected chi connectivity index (χ1v) is 6.66. The molecule has 0 aliphatic rings. The smallest absolute Gasteiger partial charge is 0.120 e. The number of carbonyl (C=O) groups is 1. The molecule has 1 atom stereocenters. The van der Waals surface area contributed by atoms with Crippen LogP contribution >= 0.6 is 0 Å². The number of aryl methyl sites for hydroxylation is 1. The van der Waals surface area contributed by atoms with Crippen LogP contribution in [0.5, 0.6) is 0 Å². The molecule has 0 radical (unpaired) electrons. The van der Waals surface area contributed by atoms with Crippen molar-refractivity contribution < 1.29 is 4.79 Å². The lowest BCUT2D eigenvalue weighted by atomic mass is 9.95. The lowest BCUT2D eigenvalue weighted by Crippen LogP contribution is -1.96. The minimum Gasteiger partial charge on any atom is -0.303 e. The van der Waals surface area contributed by atoms with E-state index in [1.165, 1.54) is 24.0 Å². The van der Waals surface area contributed by atoms with Gasteiger partial charge in [-0.05, 0) is 35.8 Å². The van der Waals surface area contributed by atoms with E-state index in [-0.39, 0.29) is 0 Å². The molecule has 94 valence electrons. The number of hydrogen-bond acceptors (Lipinski definition) is 1. The number of rotatable bonds is 7. The largest absolute Gasteiger partial charge is 0.303 e. The van der Waals surface area contributed by atoms with Crippen molar-refractivity contribution in [3.8, 4) is 0 Å². The Bertz CT molecular complexity index is 341. The Morgan fingerprint density at radius 2 is 2.00 bits per heavy atom. The standard InChI is InChI=1S/C16H24O/c1-13(2)6-4-7-15-8-5-9-16(12-15)14(3)10-11-17/h5,8-9,11-14H,4,6-7,10H2,1-3H3. The third kappa shape index (κ3) is 5.16. The van der Waals surface area contributed by atoms with E-state index in [4.69, 9.17) is 0 Å². The molecule has 0 aromatic heterocycles. The molecule has 0 bridgehead atoms. The molecule has 1 aromatic rings. The maximum Gasteiger partial charge on any atom is 0.120 e. The summed E-state index contributed by atoms with van der Waals surface area (Å²) >= 11 is 0. The van der Waals surface area contributed by atoms with Crippen molar-refractivity contribution in [1.82, 2.24) is 0 Å². The Balaban J connectivity index is 2.56. The molecule has 0 aliphatic carbocycles. The van der Waals surface area contributed by atoms with Crippen molar-refractivity contribution in [1.29, 1.82) is 0 Å². The summed E-state index contributed by atoms with van der Waals surface area (Å²) in [6, 6.07) is 8.69. The van der Waals surface area contributed by atoms with E-state index in [2.05, 4.69) is 45.0 Å². The first-order chi connectivity index (χ1) is 8.13. The fraction of sp³-hybridized carbons (Fsp3) is 0.562. The van der Waals surface area contributed by atoms with E-state index < -0.39 is 0 Å². The molecule has 0 amide bonds. The third-order valence-corrected chi connectivity index (χ3v) is 3.22. The maximum atomic E-state index is 10.5. The molecule has 0 heterocycles. The highest BCUT2D eigenvalue weighted by Crippen LogP contribution is 2.20. The normalized spacial score (nSPS) is 12.7. The average Bonchev–Trinajstić information content (AvgIpc) is 2.29. The molecular formula is C16H24O. The lowest BCUT2D eigenvalue weighted by molar-refractivity contribution is -0.108. The van der Waals surface area contributed by atoms with Crippen molar-refractivity contribution in [3.05, 3.63) is 35.4 Å². The molecule has 1 rings (SSSR count). The summed E-state index contributed by atoms with van der Waals surface area (Å²) in [4.78, 5) is 10.5. The van der Waals surface area contributed by atoms with Crippen molar-refractivity contribution in [2.24, 2.45) is 5.92 Å². The van der Waals surface area contributed by atoms with Gasteiger partial charge in [-0.2, -0.15) is 0 Å². The van der Waals surface area contributed by atoms with E-state index in [0.717, 1.165) is 18.6 Å². The second-order valence-corrected chi connectivity index (χ2v) is 5.33. The van der Waals surface area contributed by atoms with Crippen LogP contribution < -0.4 is 0 Å². The van der Waals surface area contributed by atoms with Gasteiger partial charge in [-0.15, -0.1) is 0 Å². The molecule has 0 saturated heterocycles. The molecule has 1 aromatic carbocycles. The zero-order valence-electron chi connectivity index (χ0n) is 11.3. The molecule has 1 heteroatoms. The van der Waals surface area contributed by atoms with Crippen LogP contribution in [0, 0.1) is 5.92 Å². The summed E-state index contributed by atoms with van der Waals surface area (Å²) in [6.07, 6.45) is 5.32. The monoisotopic (exact) mass is 232 g/mol. The van der Waals surface area contributed by atoms with E-state index >= 15 is 0 Å². The minimum atomic E-state index is 0.345. The Morgan fingerprint density at radius 3 is 2.65 bits per heavy atom. The minimum absolute atomic E-state index is 0.345. The van der Waals surface area contributed by atoms with Crippen LogP contribution in [0.1, 0.15) is 57.1 Å². The van der Waals surface area contributed by atoms with Crippen LogP contribution in [0.2, 0.25) is 0 Å². The summed E-state index contributed by atoms with van der Waals surface area (Å²) in [5.74, 6) is 1.13. The van der Waals surface area contributed by atoms with Crippen molar-refractivity contribution in [2.45, 2.75) is 52.4 Å². The van der Waals surface area contributed by atoms with Gasteiger partial charge in [0, 0.05) is 6.42 Å². The summed E-state index contributed by atoms with van der Waals surface area (Å²) in [5, 5.41) is 0. The van der Waals surface area contributed by atoms with Crippen molar-refractivity contribution >= 4 is 6.29 Å². The van der Waals surface area contributed by atoms with Crippen LogP contribution in [0.4, 0.5) is 0 Å². The van der Waals surface area contributed by atoms with Gasteiger partial charge in [0.05, 0.1) is 0 Å². The number of carbonyl (C=O) groups excluding carboxylic acids is 1. The fourth-order valence-corrected chi connectivity index (χ4v) is 2.05. The van der Waals surface area contributed by atoms with E-state index in [1.807, 2.05) is 0 Å². The predicted molar refractivity (Wildman–Crippen MR) is 73.3 cm³/mol. The predicted octanol–water partition coefficient (Wildman–Crippen LogP) is 4.36. The van der Waals surface area contributed by atoms with Crippen molar-refractivity contribution in [3.63, 3.8) is 0 Å². The zero-order chi connectivity index (χ0) is 12.7. The third-order valence-electron chi connectivity index (χ3n) is 3.22. The van der Waals surface area contributed by atoms with Crippen LogP contribution in [-0.4, -0.2) is 6.29 Å². The van der Waals surface area contributed by atoms with Gasteiger partial charge in [0.2, 0.25) is 0 Å². The Labute approximate surface area is 105 Å². The highest BCUT2D eigenvalue weighted by Gasteiger charge is 2.05. The number of aldehydes is 1. The summed E-state index contributed by atoms with van der Waals surface area (Å²) in [5.41, 5.74) is 2.69. The van der Waals surface area contributed by atoms with Crippen LogP contribution in [0.3, 0.4) is 0 Å². The summed E-state index contributed by atoms with van der Waals surface area (Å²) < 4.78 is 0. The Kier molecular flexibility index (Phi) is 5.96. The van der Waals surface area contributed by atoms with E-state index in [0.29, 0.717) is 12.3 Å². The first-order valence-electron chi connectivity index (χ1n) is 6.66. The number of hydrogen-bond donors (Lipinski definition) is 0. The van der Waals surface area contributed by atoms with Crippen LogP contribution in [0.25, 0.3) is 0 Å². The summed E-state index contributed by atoms with van der Waals surface area (Å²) in [6.45, 7) is 6.65. The van der Waals surface area contributed by atoms with Gasteiger partial charge in [0.15, 0.2) is 0 Å². The molecule has 0 fully saturated rings. The number of benzene rings is 1. The van der Waals surface area contributed by atoms with E-state index in [9.17, 15) is 4.79 Å². The Hall–Kier alpha value is -1.11. The fourth-order valence-electron chi connectivity index (χ4n) is 2.05. The molecule has 0 N–H and O–H groups in total. The zero-order valence-corrected chi connectivity index (χ0v) is 11.3. The van der Waals surface area contributed by atoms with Crippen molar-refractivity contribution in [2.75, 3.05) is 0 Å². The van der Waals surface area contributed by atoms with Gasteiger partial charge in [0.25, 0.3) is 0 Å². The Morgan fingerprint density at radius 1 is 1.24 bits per heavy atom. The van der Waals surface area contributed by atoms with Gasteiger partial charge < -0.3 is 4.79 Å². The molecule has 0 spiro atoms.